The van der Waals surface area contributed by atoms with E-state index in [-0.39, 0.29) is 11.3 Å². The maximum Gasteiger partial charge on any atom is 0.300 e. The predicted molar refractivity (Wildman–Crippen MR) is 126 cm³/mol. The number of pyridine rings is 1. The van der Waals surface area contributed by atoms with Crippen LogP contribution in [0.4, 0.5) is 5.69 Å². The maximum absolute atomic E-state index is 13.3. The van der Waals surface area contributed by atoms with Crippen molar-refractivity contribution in [2.45, 2.75) is 19.9 Å². The number of carbonyl (C=O) groups excluding carboxylic acids is 2. The molecule has 0 bridgehead atoms. The van der Waals surface area contributed by atoms with E-state index in [1.165, 1.54) is 12.0 Å². The number of aliphatic hydroxyl groups is 1. The van der Waals surface area contributed by atoms with E-state index in [4.69, 9.17) is 4.74 Å². The first kappa shape index (κ1) is 21.8. The molecule has 0 saturated carbocycles. The van der Waals surface area contributed by atoms with Crippen molar-refractivity contribution in [1.82, 2.24) is 4.98 Å². The highest BCUT2D eigenvalue weighted by Crippen LogP contribution is 2.44. The Morgan fingerprint density at radius 1 is 1.09 bits per heavy atom. The molecule has 1 unspecified atom stereocenters. The van der Waals surface area contributed by atoms with E-state index < -0.39 is 17.7 Å². The summed E-state index contributed by atoms with van der Waals surface area (Å²) in [7, 11) is 1.51. The molecule has 4 rings (SSSR count). The van der Waals surface area contributed by atoms with Gasteiger partial charge in [-0.15, -0.1) is 0 Å². The Balaban J connectivity index is 2.01. The number of rotatable bonds is 4. The number of carbonyl (C=O) groups is 2. The summed E-state index contributed by atoms with van der Waals surface area (Å²) in [6, 6.07) is 13.4. The molecule has 2 aromatic carbocycles. The van der Waals surface area contributed by atoms with Crippen LogP contribution in [0, 0.1) is 13.8 Å². The van der Waals surface area contributed by atoms with Crippen LogP contribution in [0.3, 0.4) is 0 Å². The molecule has 0 spiro atoms. The minimum Gasteiger partial charge on any atom is -0.507 e. The molecule has 1 aliphatic heterocycles. The van der Waals surface area contributed by atoms with Crippen LogP contribution >= 0.6 is 15.9 Å². The van der Waals surface area contributed by atoms with Gasteiger partial charge in [-0.2, -0.15) is 0 Å². The van der Waals surface area contributed by atoms with E-state index in [0.717, 1.165) is 15.6 Å². The third-order valence-corrected chi connectivity index (χ3v) is 5.92. The number of ether oxygens (including phenoxy) is 1. The molecular weight excluding hydrogens is 472 g/mol. The average molecular weight is 493 g/mol. The predicted octanol–water partition coefficient (Wildman–Crippen LogP) is 5.10. The Morgan fingerprint density at radius 2 is 1.81 bits per heavy atom. The third kappa shape index (κ3) is 3.69. The fourth-order valence-electron chi connectivity index (χ4n) is 4.13. The van der Waals surface area contributed by atoms with Crippen molar-refractivity contribution in [1.29, 1.82) is 0 Å². The fraction of sp³-hybridized carbons (Fsp3) is 0.160. The number of amides is 1. The van der Waals surface area contributed by atoms with Crippen molar-refractivity contribution in [3.05, 3.63) is 93.2 Å². The number of aliphatic hydroxyl groups excluding tert-OH is 1. The van der Waals surface area contributed by atoms with Crippen LogP contribution in [0.15, 0.2) is 71.0 Å². The highest BCUT2D eigenvalue weighted by atomic mass is 79.9. The van der Waals surface area contributed by atoms with E-state index in [2.05, 4.69) is 20.9 Å². The Morgan fingerprint density at radius 3 is 2.47 bits per heavy atom. The van der Waals surface area contributed by atoms with Gasteiger partial charge in [0.2, 0.25) is 0 Å². The monoisotopic (exact) mass is 492 g/mol. The molecule has 1 saturated heterocycles. The van der Waals surface area contributed by atoms with Gasteiger partial charge >= 0.3 is 0 Å². The molecule has 2 heterocycles. The highest BCUT2D eigenvalue weighted by molar-refractivity contribution is 9.10. The van der Waals surface area contributed by atoms with Gasteiger partial charge in [-0.3, -0.25) is 19.5 Å². The second-order valence-electron chi connectivity index (χ2n) is 7.59. The van der Waals surface area contributed by atoms with Crippen LogP contribution in [-0.4, -0.2) is 28.9 Å². The molecule has 162 valence electrons. The lowest BCUT2D eigenvalue weighted by molar-refractivity contribution is -0.132. The van der Waals surface area contributed by atoms with Crippen molar-refractivity contribution in [3.8, 4) is 5.75 Å². The average Bonchev–Trinajstić information content (AvgIpc) is 3.04. The van der Waals surface area contributed by atoms with E-state index in [9.17, 15) is 14.7 Å². The van der Waals surface area contributed by atoms with E-state index in [1.807, 2.05) is 26.0 Å². The van der Waals surface area contributed by atoms with Gasteiger partial charge in [-0.25, -0.2) is 0 Å². The number of Topliss-reactive ketones (excluding diaryl/α,β-unsaturated/α-hetero) is 1. The zero-order valence-corrected chi connectivity index (χ0v) is 19.4. The van der Waals surface area contributed by atoms with Gasteiger partial charge in [0.25, 0.3) is 11.7 Å². The van der Waals surface area contributed by atoms with Crippen LogP contribution in [0.5, 0.6) is 5.75 Å². The summed E-state index contributed by atoms with van der Waals surface area (Å²) in [5.74, 6) is -1.29. The summed E-state index contributed by atoms with van der Waals surface area (Å²) >= 11 is 3.43. The summed E-state index contributed by atoms with van der Waals surface area (Å²) < 4.78 is 6.29. The summed E-state index contributed by atoms with van der Waals surface area (Å²) in [4.78, 5) is 31.9. The molecule has 1 fully saturated rings. The summed E-state index contributed by atoms with van der Waals surface area (Å²) in [5.41, 5.74) is 3.28. The summed E-state index contributed by atoms with van der Waals surface area (Å²) in [5, 5.41) is 11.4. The quantitative estimate of drug-likeness (QED) is 0.311. The number of aromatic nitrogens is 1. The first-order valence-corrected chi connectivity index (χ1v) is 10.7. The number of ketones is 1. The molecule has 1 aliphatic rings. The van der Waals surface area contributed by atoms with Crippen LogP contribution in [0.2, 0.25) is 0 Å². The fourth-order valence-corrected chi connectivity index (χ4v) is 4.52. The molecule has 1 amide bonds. The van der Waals surface area contributed by atoms with Crippen molar-refractivity contribution in [3.63, 3.8) is 0 Å². The van der Waals surface area contributed by atoms with Gasteiger partial charge < -0.3 is 9.84 Å². The second-order valence-corrected chi connectivity index (χ2v) is 8.51. The molecule has 0 aliphatic carbocycles. The molecule has 3 aromatic rings. The van der Waals surface area contributed by atoms with Crippen molar-refractivity contribution < 1.29 is 19.4 Å². The molecule has 1 atom stereocenters. The van der Waals surface area contributed by atoms with Gasteiger partial charge in [0.15, 0.2) is 0 Å². The summed E-state index contributed by atoms with van der Waals surface area (Å²) in [6.07, 6.45) is 3.18. The van der Waals surface area contributed by atoms with Crippen molar-refractivity contribution in [2.75, 3.05) is 12.0 Å². The molecule has 32 heavy (non-hydrogen) atoms. The smallest absolute Gasteiger partial charge is 0.300 e. The lowest BCUT2D eigenvalue weighted by Gasteiger charge is -2.25. The van der Waals surface area contributed by atoms with Crippen molar-refractivity contribution in [2.24, 2.45) is 0 Å². The van der Waals surface area contributed by atoms with Gasteiger partial charge in [0.1, 0.15) is 11.5 Å². The number of methoxy groups -OCH3 is 1. The van der Waals surface area contributed by atoms with Gasteiger partial charge in [0, 0.05) is 22.6 Å². The highest BCUT2D eigenvalue weighted by Gasteiger charge is 2.47. The minimum atomic E-state index is -0.821. The Hall–Kier alpha value is -3.45. The normalized spacial score (nSPS) is 17.6. The first-order valence-electron chi connectivity index (χ1n) is 9.95. The molecule has 1 aromatic heterocycles. The summed E-state index contributed by atoms with van der Waals surface area (Å²) in [6.45, 7) is 3.76. The number of hydrogen-bond acceptors (Lipinski definition) is 5. The maximum atomic E-state index is 13.3. The number of halogens is 1. The Kier molecular flexibility index (Phi) is 5.84. The Bertz CT molecular complexity index is 1250. The van der Waals surface area contributed by atoms with E-state index in [1.54, 1.807) is 48.8 Å². The van der Waals surface area contributed by atoms with Crippen LogP contribution < -0.4 is 9.64 Å². The number of aryl methyl sites for hydroxylation is 2. The van der Waals surface area contributed by atoms with Gasteiger partial charge in [-0.1, -0.05) is 28.1 Å². The first-order chi connectivity index (χ1) is 15.3. The zero-order valence-electron chi connectivity index (χ0n) is 17.8. The molecule has 0 radical (unpaired) electrons. The second kappa shape index (κ2) is 8.59. The third-order valence-electron chi connectivity index (χ3n) is 5.43. The number of nitrogens with zero attached hydrogens (tertiary/aromatic N) is 2. The molecule has 1 N–H and O–H groups in total. The number of anilines is 1. The number of benzene rings is 2. The lowest BCUT2D eigenvalue weighted by Crippen LogP contribution is -2.29. The zero-order chi connectivity index (χ0) is 23.0. The Labute approximate surface area is 194 Å². The van der Waals surface area contributed by atoms with Crippen LogP contribution in [-0.2, 0) is 9.59 Å². The van der Waals surface area contributed by atoms with Crippen LogP contribution in [0.1, 0.15) is 28.3 Å². The topological polar surface area (TPSA) is 79.7 Å². The van der Waals surface area contributed by atoms with Crippen molar-refractivity contribution >= 4 is 39.1 Å². The lowest BCUT2D eigenvalue weighted by atomic mass is 9.94. The van der Waals surface area contributed by atoms with Gasteiger partial charge in [-0.05, 0) is 66.9 Å². The minimum absolute atomic E-state index is 0.00414. The van der Waals surface area contributed by atoms with E-state index >= 15 is 0 Å². The number of hydrogen-bond donors (Lipinski definition) is 1. The standard InChI is InChI=1S/C25H21BrN2O4/c1-14-11-15(2)24(32-3)19(12-14)22(29)20-21(16-7-9-27-10-8-16)28(25(31)23(20)30)18-6-4-5-17(26)13-18/h4-13,21,29H,1-3H3/b22-20+. The molecular formula is C25H21BrN2O4. The molecule has 7 heteroatoms. The van der Waals surface area contributed by atoms with Crippen LogP contribution in [0.25, 0.3) is 5.76 Å². The SMILES string of the molecule is COc1c(C)cc(C)cc1/C(O)=C1\C(=O)C(=O)N(c2cccc(Br)c2)C1c1ccncc1. The molecule has 6 nitrogen and oxygen atoms in total. The van der Waals surface area contributed by atoms with Gasteiger partial charge in [0.05, 0.1) is 24.3 Å². The largest absolute Gasteiger partial charge is 0.507 e. The van der Waals surface area contributed by atoms with E-state index in [0.29, 0.717) is 22.6 Å².